The van der Waals surface area contributed by atoms with Crippen LogP contribution >= 0.6 is 11.6 Å². The minimum atomic E-state index is -0.329. The molecular weight excluding hydrogens is 240 g/mol. The Bertz CT molecular complexity index is 431. The van der Waals surface area contributed by atoms with Crippen molar-refractivity contribution in [1.29, 1.82) is 0 Å². The van der Waals surface area contributed by atoms with Crippen LogP contribution < -0.4 is 9.47 Å². The van der Waals surface area contributed by atoms with E-state index in [1.165, 1.54) is 0 Å². The number of halogens is 1. The third-order valence-electron chi connectivity index (χ3n) is 3.15. The van der Waals surface area contributed by atoms with Crippen molar-refractivity contribution in [2.75, 3.05) is 7.11 Å². The summed E-state index contributed by atoms with van der Waals surface area (Å²) in [6, 6.07) is 5.76. The molecule has 1 aromatic rings. The van der Waals surface area contributed by atoms with Crippen LogP contribution in [0.1, 0.15) is 18.9 Å². The number of para-hydroxylation sites is 1. The maximum absolute atomic E-state index is 11.3. The fraction of sp³-hybridized carbons (Fsp3) is 0.462. The molecule has 1 aliphatic rings. The first kappa shape index (κ1) is 12.2. The smallest absolute Gasteiger partial charge is 0.228 e. The zero-order valence-corrected chi connectivity index (χ0v) is 10.7. The predicted octanol–water partition coefficient (Wildman–Crippen LogP) is 2.79. The van der Waals surface area contributed by atoms with Crippen molar-refractivity contribution < 1.29 is 14.3 Å². The van der Waals surface area contributed by atoms with Gasteiger partial charge in [-0.15, -0.1) is 0 Å². The van der Waals surface area contributed by atoms with E-state index in [-0.39, 0.29) is 17.3 Å². The molecule has 0 saturated carbocycles. The Morgan fingerprint density at radius 1 is 1.65 bits per heavy atom. The van der Waals surface area contributed by atoms with E-state index in [1.807, 2.05) is 25.1 Å². The Balaban J connectivity index is 2.23. The molecule has 0 N–H and O–H groups in total. The lowest BCUT2D eigenvalue weighted by Crippen LogP contribution is -2.28. The zero-order valence-electron chi connectivity index (χ0n) is 9.90. The van der Waals surface area contributed by atoms with Gasteiger partial charge in [0.05, 0.1) is 13.0 Å². The average Bonchev–Trinajstić information content (AvgIpc) is 2.72. The van der Waals surface area contributed by atoms with E-state index in [9.17, 15) is 4.79 Å². The van der Waals surface area contributed by atoms with E-state index in [2.05, 4.69) is 0 Å². The molecule has 4 heteroatoms. The van der Waals surface area contributed by atoms with Gasteiger partial charge in [-0.25, -0.2) is 0 Å². The monoisotopic (exact) mass is 254 g/mol. The molecule has 1 aliphatic heterocycles. The van der Waals surface area contributed by atoms with Crippen molar-refractivity contribution >= 4 is 16.8 Å². The van der Waals surface area contributed by atoms with Gasteiger partial charge in [0.2, 0.25) is 5.24 Å². The van der Waals surface area contributed by atoms with Gasteiger partial charge in [-0.3, -0.25) is 4.79 Å². The summed E-state index contributed by atoms with van der Waals surface area (Å²) >= 11 is 5.59. The fourth-order valence-corrected chi connectivity index (χ4v) is 2.52. The Hall–Kier alpha value is -1.22. The highest BCUT2D eigenvalue weighted by molar-refractivity contribution is 6.64. The van der Waals surface area contributed by atoms with Crippen LogP contribution in [-0.4, -0.2) is 18.5 Å². The first-order chi connectivity index (χ1) is 8.17. The van der Waals surface area contributed by atoms with Crippen LogP contribution in [0.25, 0.3) is 0 Å². The second-order valence-electron chi connectivity index (χ2n) is 4.13. The molecule has 0 fully saturated rings. The number of carbonyl (C=O) groups is 1. The van der Waals surface area contributed by atoms with E-state index in [1.54, 1.807) is 7.11 Å². The molecule has 1 heterocycles. The van der Waals surface area contributed by atoms with Gasteiger partial charge in [-0.05, 0) is 24.1 Å². The molecule has 2 atom stereocenters. The Morgan fingerprint density at radius 3 is 3.00 bits per heavy atom. The summed E-state index contributed by atoms with van der Waals surface area (Å²) in [4.78, 5) is 11.3. The van der Waals surface area contributed by atoms with Crippen molar-refractivity contribution in [3.63, 3.8) is 0 Å². The molecule has 0 spiro atoms. The van der Waals surface area contributed by atoms with Crippen LogP contribution in [0.4, 0.5) is 0 Å². The number of ether oxygens (including phenoxy) is 2. The summed E-state index contributed by atoms with van der Waals surface area (Å²) < 4.78 is 11.0. The first-order valence-electron chi connectivity index (χ1n) is 5.69. The quantitative estimate of drug-likeness (QED) is 0.775. The van der Waals surface area contributed by atoms with Crippen molar-refractivity contribution in [2.45, 2.75) is 25.9 Å². The van der Waals surface area contributed by atoms with Crippen molar-refractivity contribution in [3.05, 3.63) is 23.8 Å². The van der Waals surface area contributed by atoms with Crippen LogP contribution in [0.2, 0.25) is 0 Å². The van der Waals surface area contributed by atoms with E-state index < -0.39 is 0 Å². The molecule has 0 amide bonds. The number of benzene rings is 1. The molecule has 0 bridgehead atoms. The summed E-state index contributed by atoms with van der Waals surface area (Å²) in [6.07, 6.45) is 1.23. The summed E-state index contributed by atoms with van der Waals surface area (Å²) in [6.45, 7) is 1.94. The maximum atomic E-state index is 11.3. The number of hydrogen-bond donors (Lipinski definition) is 0. The highest BCUT2D eigenvalue weighted by Crippen LogP contribution is 2.40. The SMILES string of the molecule is CCC(C(=O)Cl)C1Cc2cccc(OC)c2O1. The Kier molecular flexibility index (Phi) is 3.57. The lowest BCUT2D eigenvalue weighted by molar-refractivity contribution is -0.117. The average molecular weight is 255 g/mol. The molecule has 0 aromatic heterocycles. The van der Waals surface area contributed by atoms with Crippen molar-refractivity contribution in [3.8, 4) is 11.5 Å². The minimum Gasteiger partial charge on any atom is -0.493 e. The van der Waals surface area contributed by atoms with Gasteiger partial charge in [0, 0.05) is 12.0 Å². The molecule has 0 aliphatic carbocycles. The second kappa shape index (κ2) is 4.96. The largest absolute Gasteiger partial charge is 0.493 e. The Labute approximate surface area is 106 Å². The normalized spacial score (nSPS) is 19.4. The molecule has 2 unspecified atom stereocenters. The minimum absolute atomic E-state index is 0.170. The highest BCUT2D eigenvalue weighted by atomic mass is 35.5. The topological polar surface area (TPSA) is 35.5 Å². The maximum Gasteiger partial charge on any atom is 0.228 e. The molecule has 0 saturated heterocycles. The van der Waals surface area contributed by atoms with Crippen LogP contribution in [0.15, 0.2) is 18.2 Å². The molecule has 3 nitrogen and oxygen atoms in total. The van der Waals surface area contributed by atoms with Gasteiger partial charge in [0.1, 0.15) is 6.10 Å². The summed E-state index contributed by atoms with van der Waals surface area (Å²) in [5.74, 6) is 1.20. The first-order valence-corrected chi connectivity index (χ1v) is 6.07. The molecule has 0 radical (unpaired) electrons. The third-order valence-corrected chi connectivity index (χ3v) is 3.43. The number of methoxy groups -OCH3 is 1. The Morgan fingerprint density at radius 2 is 2.41 bits per heavy atom. The van der Waals surface area contributed by atoms with Crippen LogP contribution in [0, 0.1) is 5.92 Å². The van der Waals surface area contributed by atoms with E-state index in [0.717, 1.165) is 11.3 Å². The van der Waals surface area contributed by atoms with E-state index in [0.29, 0.717) is 18.6 Å². The predicted molar refractivity (Wildman–Crippen MR) is 65.8 cm³/mol. The molecule has 2 rings (SSSR count). The molecule has 17 heavy (non-hydrogen) atoms. The van der Waals surface area contributed by atoms with E-state index >= 15 is 0 Å². The zero-order chi connectivity index (χ0) is 12.4. The number of carbonyl (C=O) groups excluding carboxylic acids is 1. The molecular formula is C13H15ClO3. The highest BCUT2D eigenvalue weighted by Gasteiger charge is 2.34. The molecule has 92 valence electrons. The van der Waals surface area contributed by atoms with Crippen LogP contribution in [-0.2, 0) is 11.2 Å². The standard InChI is InChI=1S/C13H15ClO3/c1-3-9(13(14)15)11-7-8-5-4-6-10(16-2)12(8)17-11/h4-6,9,11H,3,7H2,1-2H3. The summed E-state index contributed by atoms with van der Waals surface area (Å²) in [7, 11) is 1.61. The van der Waals surface area contributed by atoms with Gasteiger partial charge >= 0.3 is 0 Å². The molecule has 1 aromatic carbocycles. The van der Waals surface area contributed by atoms with Gasteiger partial charge in [-0.1, -0.05) is 19.1 Å². The number of hydrogen-bond acceptors (Lipinski definition) is 3. The van der Waals surface area contributed by atoms with Crippen LogP contribution in [0.3, 0.4) is 0 Å². The lowest BCUT2D eigenvalue weighted by atomic mass is 9.97. The van der Waals surface area contributed by atoms with Crippen molar-refractivity contribution in [2.24, 2.45) is 5.92 Å². The van der Waals surface area contributed by atoms with E-state index in [4.69, 9.17) is 21.1 Å². The van der Waals surface area contributed by atoms with Gasteiger partial charge in [0.15, 0.2) is 11.5 Å². The second-order valence-corrected chi connectivity index (χ2v) is 4.50. The van der Waals surface area contributed by atoms with Gasteiger partial charge in [-0.2, -0.15) is 0 Å². The summed E-state index contributed by atoms with van der Waals surface area (Å²) in [5, 5.41) is -0.329. The number of fused-ring (bicyclic) bond motifs is 1. The summed E-state index contributed by atoms with van der Waals surface area (Å²) in [5.41, 5.74) is 1.07. The van der Waals surface area contributed by atoms with Gasteiger partial charge < -0.3 is 9.47 Å². The fourth-order valence-electron chi connectivity index (χ4n) is 2.22. The third kappa shape index (κ3) is 2.25. The lowest BCUT2D eigenvalue weighted by Gasteiger charge is -2.18. The van der Waals surface area contributed by atoms with Gasteiger partial charge in [0.25, 0.3) is 0 Å². The van der Waals surface area contributed by atoms with Crippen LogP contribution in [0.5, 0.6) is 11.5 Å². The van der Waals surface area contributed by atoms with Crippen molar-refractivity contribution in [1.82, 2.24) is 0 Å². The number of rotatable bonds is 4.